The van der Waals surface area contributed by atoms with Crippen molar-refractivity contribution in [2.75, 3.05) is 6.61 Å². The topological polar surface area (TPSA) is 95.9 Å². The number of amides is 1. The van der Waals surface area contributed by atoms with Gasteiger partial charge in [-0.15, -0.1) is 0 Å². The molecule has 0 aromatic rings. The number of unbranched alkanes of at least 4 members (excludes halogenated alkanes) is 25. The molecule has 6 nitrogen and oxygen atoms in total. The van der Waals surface area contributed by atoms with Gasteiger partial charge in [0.1, 0.15) is 6.10 Å². The molecule has 1 amide bonds. The molecule has 0 spiro atoms. The van der Waals surface area contributed by atoms with E-state index in [9.17, 15) is 19.8 Å². The molecular weight excluding hydrogens is 659 g/mol. The summed E-state index contributed by atoms with van der Waals surface area (Å²) >= 11 is 0. The summed E-state index contributed by atoms with van der Waals surface area (Å²) in [5.41, 5.74) is 0. The largest absolute Gasteiger partial charge is 0.462 e. The molecule has 0 aliphatic carbocycles. The number of carbonyl (C=O) groups excluding carboxylic acids is 2. The Kier molecular flexibility index (Phi) is 40.2. The van der Waals surface area contributed by atoms with E-state index in [0.29, 0.717) is 19.3 Å². The van der Waals surface area contributed by atoms with Crippen molar-refractivity contribution in [1.29, 1.82) is 0 Å². The van der Waals surface area contributed by atoms with Crippen LogP contribution in [0.1, 0.15) is 239 Å². The van der Waals surface area contributed by atoms with Gasteiger partial charge in [0.15, 0.2) is 0 Å². The summed E-state index contributed by atoms with van der Waals surface area (Å²) in [6.07, 6.45) is 45.3. The third kappa shape index (κ3) is 37.1. The number of rotatable bonds is 41. The zero-order chi connectivity index (χ0) is 38.9. The predicted octanol–water partition coefficient (Wildman–Crippen LogP) is 13.2. The third-order valence-electron chi connectivity index (χ3n) is 10.5. The summed E-state index contributed by atoms with van der Waals surface area (Å²) in [6, 6.07) is -0.706. The summed E-state index contributed by atoms with van der Waals surface area (Å²) in [5, 5.41) is 23.5. The highest BCUT2D eigenvalue weighted by atomic mass is 16.5. The number of nitrogens with one attached hydrogen (secondary N) is 1. The number of ether oxygens (including phenoxy) is 1. The van der Waals surface area contributed by atoms with Gasteiger partial charge in [-0.05, 0) is 70.6 Å². The van der Waals surface area contributed by atoms with E-state index in [-0.39, 0.29) is 24.9 Å². The summed E-state index contributed by atoms with van der Waals surface area (Å²) in [7, 11) is 0. The van der Waals surface area contributed by atoms with Crippen molar-refractivity contribution in [1.82, 2.24) is 5.32 Å². The van der Waals surface area contributed by atoms with Crippen molar-refractivity contribution in [2.45, 2.75) is 257 Å². The number of allylic oxidation sites excluding steroid dienone is 4. The summed E-state index contributed by atoms with van der Waals surface area (Å²) in [6.45, 7) is 6.43. The lowest BCUT2D eigenvalue weighted by Crippen LogP contribution is -2.46. The molecule has 312 valence electrons. The summed E-state index contributed by atoms with van der Waals surface area (Å²) in [4.78, 5) is 25.9. The average Bonchev–Trinajstić information content (AvgIpc) is 3.15. The van der Waals surface area contributed by atoms with Gasteiger partial charge in [0.25, 0.3) is 0 Å². The summed E-state index contributed by atoms with van der Waals surface area (Å²) in [5.74, 6) is -0.519. The molecule has 0 rings (SSSR count). The molecule has 6 heteroatoms. The molecule has 3 unspecified atom stereocenters. The molecule has 53 heavy (non-hydrogen) atoms. The number of carbonyl (C=O) groups is 2. The molecule has 0 fully saturated rings. The number of esters is 1. The zero-order valence-electron chi connectivity index (χ0n) is 35.4. The van der Waals surface area contributed by atoms with Gasteiger partial charge < -0.3 is 20.3 Å². The average molecular weight is 748 g/mol. The molecule has 0 aliphatic rings. The maximum absolute atomic E-state index is 13.1. The number of hydrogen-bond acceptors (Lipinski definition) is 5. The van der Waals surface area contributed by atoms with E-state index in [1.807, 2.05) is 0 Å². The van der Waals surface area contributed by atoms with Crippen LogP contribution in [-0.2, 0) is 14.3 Å². The van der Waals surface area contributed by atoms with E-state index in [0.717, 1.165) is 64.2 Å². The molecule has 0 aromatic carbocycles. The van der Waals surface area contributed by atoms with E-state index >= 15 is 0 Å². The van der Waals surface area contributed by atoms with Gasteiger partial charge in [0.05, 0.1) is 25.2 Å². The number of hydrogen-bond donors (Lipinski definition) is 3. The first kappa shape index (κ1) is 51.3. The molecule has 3 N–H and O–H groups in total. The molecule has 0 aromatic heterocycles. The van der Waals surface area contributed by atoms with E-state index in [2.05, 4.69) is 50.4 Å². The SMILES string of the molecule is CCCCCCCC/C=C\CCCC(CC(=O)NC(CO)C(O)CCCCCCCCCCC)OC(=O)CCCCC/C=C\CCCCCCCCC. The van der Waals surface area contributed by atoms with Crippen LogP contribution in [-0.4, -0.2) is 46.9 Å². The van der Waals surface area contributed by atoms with Gasteiger partial charge in [-0.25, -0.2) is 0 Å². The summed E-state index contributed by atoms with van der Waals surface area (Å²) < 4.78 is 5.87. The van der Waals surface area contributed by atoms with Gasteiger partial charge >= 0.3 is 5.97 Å². The quantitative estimate of drug-likeness (QED) is 0.0329. The normalized spacial score (nSPS) is 13.5. The Morgan fingerprint density at radius 2 is 0.925 bits per heavy atom. The Morgan fingerprint density at radius 1 is 0.528 bits per heavy atom. The Labute approximate surface area is 329 Å². The van der Waals surface area contributed by atoms with Gasteiger partial charge in [0, 0.05) is 6.42 Å². The highest BCUT2D eigenvalue weighted by molar-refractivity contribution is 5.77. The van der Waals surface area contributed by atoms with Gasteiger partial charge in [-0.3, -0.25) is 9.59 Å². The van der Waals surface area contributed by atoms with Crippen molar-refractivity contribution in [2.24, 2.45) is 0 Å². The first-order valence-corrected chi connectivity index (χ1v) is 23.1. The molecule has 0 bridgehead atoms. The van der Waals surface area contributed by atoms with Crippen LogP contribution in [0.4, 0.5) is 0 Å². The van der Waals surface area contributed by atoms with Crippen LogP contribution in [0.3, 0.4) is 0 Å². The van der Waals surface area contributed by atoms with Crippen molar-refractivity contribution < 1.29 is 24.5 Å². The van der Waals surface area contributed by atoms with Gasteiger partial charge in [0.2, 0.25) is 5.91 Å². The molecular formula is C47H89NO5. The molecule has 3 atom stereocenters. The molecule has 0 radical (unpaired) electrons. The fraction of sp³-hybridized carbons (Fsp3) is 0.872. The fourth-order valence-corrected chi connectivity index (χ4v) is 6.95. The Morgan fingerprint density at radius 3 is 1.38 bits per heavy atom. The lowest BCUT2D eigenvalue weighted by Gasteiger charge is -2.24. The fourth-order valence-electron chi connectivity index (χ4n) is 6.95. The molecule has 0 aliphatic heterocycles. The second-order valence-electron chi connectivity index (χ2n) is 15.8. The lowest BCUT2D eigenvalue weighted by atomic mass is 10.0. The minimum Gasteiger partial charge on any atom is -0.462 e. The first-order chi connectivity index (χ1) is 26.0. The third-order valence-corrected chi connectivity index (χ3v) is 10.5. The Bertz CT molecular complexity index is 843. The van der Waals surface area contributed by atoms with Crippen LogP contribution in [0.5, 0.6) is 0 Å². The van der Waals surface area contributed by atoms with Crippen LogP contribution < -0.4 is 5.32 Å². The van der Waals surface area contributed by atoms with E-state index in [4.69, 9.17) is 4.74 Å². The first-order valence-electron chi connectivity index (χ1n) is 23.1. The standard InChI is InChI=1S/C47H89NO5/c1-4-7-10-13-16-19-21-22-23-25-28-31-34-37-40-47(52)53-43(38-35-32-29-27-24-20-17-14-11-8-5-2)41-46(51)48-44(42-49)45(50)39-36-33-30-26-18-15-12-9-6-3/h23,25,27,29,43-45,49-50H,4-22,24,26,28,30-42H2,1-3H3,(H,48,51)/b25-23-,29-27-. The monoisotopic (exact) mass is 748 g/mol. The predicted molar refractivity (Wildman–Crippen MR) is 227 cm³/mol. The van der Waals surface area contributed by atoms with Crippen LogP contribution in [0.25, 0.3) is 0 Å². The van der Waals surface area contributed by atoms with Crippen molar-refractivity contribution in [3.05, 3.63) is 24.3 Å². The van der Waals surface area contributed by atoms with E-state index in [1.165, 1.54) is 128 Å². The van der Waals surface area contributed by atoms with Gasteiger partial charge in [-0.2, -0.15) is 0 Å². The maximum atomic E-state index is 13.1. The second kappa shape index (κ2) is 41.5. The number of aliphatic hydroxyl groups is 2. The lowest BCUT2D eigenvalue weighted by molar-refractivity contribution is -0.151. The van der Waals surface area contributed by atoms with Crippen LogP contribution in [0, 0.1) is 0 Å². The maximum Gasteiger partial charge on any atom is 0.306 e. The Balaban J connectivity index is 4.62. The van der Waals surface area contributed by atoms with E-state index < -0.39 is 18.2 Å². The molecule has 0 saturated heterocycles. The smallest absolute Gasteiger partial charge is 0.306 e. The zero-order valence-corrected chi connectivity index (χ0v) is 35.4. The van der Waals surface area contributed by atoms with E-state index in [1.54, 1.807) is 0 Å². The number of aliphatic hydroxyl groups excluding tert-OH is 2. The molecule has 0 saturated carbocycles. The highest BCUT2D eigenvalue weighted by Crippen LogP contribution is 2.16. The van der Waals surface area contributed by atoms with Crippen molar-refractivity contribution >= 4 is 11.9 Å². The van der Waals surface area contributed by atoms with Crippen LogP contribution in [0.2, 0.25) is 0 Å². The second-order valence-corrected chi connectivity index (χ2v) is 15.8. The van der Waals surface area contributed by atoms with Crippen LogP contribution in [0.15, 0.2) is 24.3 Å². The van der Waals surface area contributed by atoms with Gasteiger partial charge in [-0.1, -0.05) is 180 Å². The Hall–Kier alpha value is -1.66. The minimum atomic E-state index is -0.790. The van der Waals surface area contributed by atoms with Crippen molar-refractivity contribution in [3.63, 3.8) is 0 Å². The molecule has 0 heterocycles. The van der Waals surface area contributed by atoms with Crippen LogP contribution >= 0.6 is 0 Å². The highest BCUT2D eigenvalue weighted by Gasteiger charge is 2.24. The minimum absolute atomic E-state index is 0.0536. The van der Waals surface area contributed by atoms with Crippen molar-refractivity contribution in [3.8, 4) is 0 Å².